The van der Waals surface area contributed by atoms with E-state index in [1.807, 2.05) is 50.5 Å². The second-order valence-corrected chi connectivity index (χ2v) is 6.41. The second kappa shape index (κ2) is 6.69. The fraction of sp³-hybridized carbons (Fsp3) is 0.190. The van der Waals surface area contributed by atoms with Crippen molar-refractivity contribution in [3.8, 4) is 0 Å². The standard InChI is InChI=1S/C21H22N2O3/c1-4-5-14-15-8-9-17-16(19(15)23-18(14)10-11-22-3)7-6-13(20(24)25)12-21(17,2)26/h4-12,22-23,26H,1-3H3,(H,24,25)/b5-4+,11-10-. The van der Waals surface area contributed by atoms with E-state index in [2.05, 4.69) is 10.3 Å². The Morgan fingerprint density at radius 3 is 2.69 bits per heavy atom. The Hall–Kier alpha value is -3.05. The van der Waals surface area contributed by atoms with E-state index >= 15 is 0 Å². The highest BCUT2D eigenvalue weighted by atomic mass is 16.4. The molecule has 26 heavy (non-hydrogen) atoms. The van der Waals surface area contributed by atoms with Crippen LogP contribution in [0.1, 0.15) is 36.2 Å². The number of hydrogen-bond acceptors (Lipinski definition) is 3. The van der Waals surface area contributed by atoms with Crippen LogP contribution in [-0.2, 0) is 10.4 Å². The van der Waals surface area contributed by atoms with Crippen molar-refractivity contribution in [3.63, 3.8) is 0 Å². The predicted molar refractivity (Wildman–Crippen MR) is 105 cm³/mol. The number of fused-ring (bicyclic) bond motifs is 3. The van der Waals surface area contributed by atoms with Gasteiger partial charge < -0.3 is 20.5 Å². The minimum Gasteiger partial charge on any atom is -0.478 e. The summed E-state index contributed by atoms with van der Waals surface area (Å²) in [6.07, 6.45) is 12.4. The lowest BCUT2D eigenvalue weighted by Gasteiger charge is -2.21. The Morgan fingerprint density at radius 2 is 2.04 bits per heavy atom. The number of allylic oxidation sites excluding steroid dienone is 1. The number of aliphatic hydroxyl groups is 1. The van der Waals surface area contributed by atoms with Gasteiger partial charge in [0, 0.05) is 29.3 Å². The van der Waals surface area contributed by atoms with Crippen LogP contribution in [-0.4, -0.2) is 28.2 Å². The summed E-state index contributed by atoms with van der Waals surface area (Å²) in [6.45, 7) is 3.56. The molecule has 1 heterocycles. The molecular formula is C21H22N2O3. The molecular weight excluding hydrogens is 328 g/mol. The number of nitrogens with one attached hydrogen (secondary N) is 2. The van der Waals surface area contributed by atoms with Gasteiger partial charge in [0.05, 0.1) is 11.1 Å². The summed E-state index contributed by atoms with van der Waals surface area (Å²) in [4.78, 5) is 14.8. The summed E-state index contributed by atoms with van der Waals surface area (Å²) < 4.78 is 0. The third-order valence-electron chi connectivity index (χ3n) is 4.49. The highest BCUT2D eigenvalue weighted by molar-refractivity contribution is 6.00. The van der Waals surface area contributed by atoms with Gasteiger partial charge in [0.15, 0.2) is 0 Å². The minimum atomic E-state index is -1.38. The fourth-order valence-corrected chi connectivity index (χ4v) is 3.32. The summed E-state index contributed by atoms with van der Waals surface area (Å²) in [5, 5.41) is 24.2. The largest absolute Gasteiger partial charge is 0.478 e. The smallest absolute Gasteiger partial charge is 0.335 e. The van der Waals surface area contributed by atoms with Crippen molar-refractivity contribution in [2.24, 2.45) is 0 Å². The van der Waals surface area contributed by atoms with Crippen LogP contribution in [0.3, 0.4) is 0 Å². The molecule has 134 valence electrons. The van der Waals surface area contributed by atoms with Crippen LogP contribution in [0.5, 0.6) is 0 Å². The van der Waals surface area contributed by atoms with E-state index in [1.54, 1.807) is 13.0 Å². The third-order valence-corrected chi connectivity index (χ3v) is 4.49. The Bertz CT molecular complexity index is 988. The molecule has 4 N–H and O–H groups in total. The van der Waals surface area contributed by atoms with E-state index in [4.69, 9.17) is 0 Å². The molecule has 1 unspecified atom stereocenters. The van der Waals surface area contributed by atoms with Gasteiger partial charge in [0.2, 0.25) is 0 Å². The average Bonchev–Trinajstić information content (AvgIpc) is 2.86. The van der Waals surface area contributed by atoms with Crippen molar-refractivity contribution in [1.82, 2.24) is 10.3 Å². The van der Waals surface area contributed by atoms with Gasteiger partial charge in [-0.3, -0.25) is 0 Å². The molecule has 3 rings (SSSR count). The first-order valence-corrected chi connectivity index (χ1v) is 8.41. The third kappa shape index (κ3) is 2.97. The number of rotatable bonds is 4. The molecule has 0 spiro atoms. The minimum absolute atomic E-state index is 0.0647. The Morgan fingerprint density at radius 1 is 1.27 bits per heavy atom. The highest BCUT2D eigenvalue weighted by Crippen LogP contribution is 2.37. The van der Waals surface area contributed by atoms with Crippen LogP contribution >= 0.6 is 0 Å². The summed E-state index contributed by atoms with van der Waals surface area (Å²) in [6, 6.07) is 3.81. The fourth-order valence-electron chi connectivity index (χ4n) is 3.32. The van der Waals surface area contributed by atoms with Gasteiger partial charge in [-0.05, 0) is 43.8 Å². The van der Waals surface area contributed by atoms with Crippen molar-refractivity contribution < 1.29 is 15.0 Å². The van der Waals surface area contributed by atoms with E-state index in [-0.39, 0.29) is 5.57 Å². The van der Waals surface area contributed by atoms with E-state index in [9.17, 15) is 15.0 Å². The maximum Gasteiger partial charge on any atom is 0.335 e. The molecule has 0 amide bonds. The molecule has 1 aliphatic rings. The molecule has 2 aromatic rings. The van der Waals surface area contributed by atoms with Crippen LogP contribution in [0, 0.1) is 0 Å². The first kappa shape index (κ1) is 17.8. The Labute approximate surface area is 152 Å². The SMILES string of the molecule is C/C=C/c1c(/C=C\NC)[nH]c2c3c(ccc12)C(C)(O)C=C(C(=O)O)C=C3. The predicted octanol–water partition coefficient (Wildman–Crippen LogP) is 3.64. The van der Waals surface area contributed by atoms with Crippen LogP contribution < -0.4 is 5.32 Å². The van der Waals surface area contributed by atoms with Gasteiger partial charge in [-0.2, -0.15) is 0 Å². The maximum atomic E-state index is 11.4. The number of carboxylic acid groups (broad SMARTS) is 1. The monoisotopic (exact) mass is 350 g/mol. The number of carbonyl (C=O) groups is 1. The molecule has 1 aromatic carbocycles. The molecule has 1 aliphatic carbocycles. The van der Waals surface area contributed by atoms with E-state index < -0.39 is 11.6 Å². The van der Waals surface area contributed by atoms with Crippen molar-refractivity contribution in [2.45, 2.75) is 19.4 Å². The van der Waals surface area contributed by atoms with Crippen LogP contribution in [0.4, 0.5) is 0 Å². The average molecular weight is 350 g/mol. The number of aromatic amines is 1. The number of benzene rings is 1. The lowest BCUT2D eigenvalue weighted by molar-refractivity contribution is -0.132. The zero-order chi connectivity index (χ0) is 18.9. The van der Waals surface area contributed by atoms with Gasteiger partial charge in [-0.15, -0.1) is 0 Å². The van der Waals surface area contributed by atoms with Gasteiger partial charge in [-0.1, -0.05) is 30.4 Å². The molecule has 1 atom stereocenters. The zero-order valence-electron chi connectivity index (χ0n) is 15.0. The van der Waals surface area contributed by atoms with Crippen molar-refractivity contribution in [2.75, 3.05) is 7.05 Å². The molecule has 5 heteroatoms. The summed E-state index contributed by atoms with van der Waals surface area (Å²) in [5.74, 6) is -1.07. The quantitative estimate of drug-likeness (QED) is 0.678. The number of carboxylic acids is 1. The zero-order valence-corrected chi connectivity index (χ0v) is 15.0. The van der Waals surface area contributed by atoms with Crippen molar-refractivity contribution in [1.29, 1.82) is 0 Å². The van der Waals surface area contributed by atoms with Gasteiger partial charge in [-0.25, -0.2) is 4.79 Å². The lowest BCUT2D eigenvalue weighted by Crippen LogP contribution is -2.20. The first-order chi connectivity index (χ1) is 12.4. The molecule has 5 nitrogen and oxygen atoms in total. The Balaban J connectivity index is 2.32. The van der Waals surface area contributed by atoms with E-state index in [0.29, 0.717) is 5.56 Å². The Kier molecular flexibility index (Phi) is 4.57. The second-order valence-electron chi connectivity index (χ2n) is 6.41. The highest BCUT2D eigenvalue weighted by Gasteiger charge is 2.28. The molecule has 0 radical (unpaired) electrons. The maximum absolute atomic E-state index is 11.4. The summed E-state index contributed by atoms with van der Waals surface area (Å²) in [7, 11) is 1.83. The molecule has 1 aromatic heterocycles. The molecule has 0 saturated carbocycles. The molecule has 0 bridgehead atoms. The lowest BCUT2D eigenvalue weighted by atomic mass is 9.90. The van der Waals surface area contributed by atoms with E-state index in [0.717, 1.165) is 27.7 Å². The number of H-pyrrole nitrogens is 1. The number of hydrogen-bond donors (Lipinski definition) is 4. The first-order valence-electron chi connectivity index (χ1n) is 8.41. The van der Waals surface area contributed by atoms with Crippen LogP contribution in [0.15, 0.2) is 42.1 Å². The number of aliphatic carboxylic acids is 1. The topological polar surface area (TPSA) is 85.4 Å². The van der Waals surface area contributed by atoms with Crippen molar-refractivity contribution in [3.05, 3.63) is 64.5 Å². The van der Waals surface area contributed by atoms with Gasteiger partial charge in [0.1, 0.15) is 5.60 Å². The van der Waals surface area contributed by atoms with Crippen molar-refractivity contribution >= 4 is 35.1 Å². The van der Waals surface area contributed by atoms with E-state index in [1.165, 1.54) is 12.2 Å². The number of aromatic nitrogens is 1. The normalized spacial score (nSPS) is 19.8. The molecule has 0 saturated heterocycles. The van der Waals surface area contributed by atoms with Crippen LogP contribution in [0.25, 0.3) is 29.1 Å². The van der Waals surface area contributed by atoms with Gasteiger partial charge >= 0.3 is 5.97 Å². The van der Waals surface area contributed by atoms with Crippen LogP contribution in [0.2, 0.25) is 0 Å². The summed E-state index contributed by atoms with van der Waals surface area (Å²) >= 11 is 0. The van der Waals surface area contributed by atoms with Gasteiger partial charge in [0.25, 0.3) is 0 Å². The molecule has 0 fully saturated rings. The summed E-state index contributed by atoms with van der Waals surface area (Å²) in [5.41, 5.74) is 2.97. The molecule has 0 aliphatic heterocycles.